The van der Waals surface area contributed by atoms with E-state index in [4.69, 9.17) is 9.84 Å². The van der Waals surface area contributed by atoms with Gasteiger partial charge in [0.25, 0.3) is 0 Å². The molecular weight excluding hydrogens is 325 g/mol. The van der Waals surface area contributed by atoms with Crippen molar-refractivity contribution < 1.29 is 23.8 Å². The van der Waals surface area contributed by atoms with E-state index in [2.05, 4.69) is 5.32 Å². The van der Waals surface area contributed by atoms with Crippen LogP contribution in [0, 0.1) is 5.82 Å². The predicted octanol–water partition coefficient (Wildman–Crippen LogP) is 4.05. The summed E-state index contributed by atoms with van der Waals surface area (Å²) in [4.78, 5) is 23.2. The number of nitrogens with one attached hydrogen (secondary N) is 1. The number of hydrogen-bond acceptors (Lipinski definition) is 3. The molecule has 6 heteroatoms. The standard InChI is InChI=1S/C19H20FNO4/c1-3-12(13-4-7-15(25-2)8-5-13)11-18(22)21-17-10-14(19(23)24)6-9-16(17)20/h4-10,12H,3,11H2,1-2H3,(H,21,22)(H,23,24). The lowest BCUT2D eigenvalue weighted by molar-refractivity contribution is -0.116. The summed E-state index contributed by atoms with van der Waals surface area (Å²) < 4.78 is 18.9. The van der Waals surface area contributed by atoms with Gasteiger partial charge in [-0.25, -0.2) is 9.18 Å². The van der Waals surface area contributed by atoms with Crippen molar-refractivity contribution in [1.82, 2.24) is 0 Å². The Morgan fingerprint density at radius 1 is 1.20 bits per heavy atom. The van der Waals surface area contributed by atoms with Crippen molar-refractivity contribution in [3.05, 3.63) is 59.4 Å². The number of halogens is 1. The molecule has 2 aromatic carbocycles. The summed E-state index contributed by atoms with van der Waals surface area (Å²) in [6.07, 6.45) is 0.900. The average Bonchev–Trinajstić information content (AvgIpc) is 2.61. The van der Waals surface area contributed by atoms with E-state index in [0.717, 1.165) is 35.9 Å². The Bertz CT molecular complexity index is 759. The van der Waals surface area contributed by atoms with Gasteiger partial charge in [0.2, 0.25) is 5.91 Å². The van der Waals surface area contributed by atoms with Gasteiger partial charge >= 0.3 is 5.97 Å². The molecule has 0 fully saturated rings. The number of carboxylic acids is 1. The fourth-order valence-corrected chi connectivity index (χ4v) is 2.55. The fourth-order valence-electron chi connectivity index (χ4n) is 2.55. The number of rotatable bonds is 7. The normalized spacial score (nSPS) is 11.6. The van der Waals surface area contributed by atoms with Crippen LogP contribution in [0.15, 0.2) is 42.5 Å². The Labute approximate surface area is 145 Å². The van der Waals surface area contributed by atoms with Crippen LogP contribution in [-0.2, 0) is 4.79 Å². The van der Waals surface area contributed by atoms with Gasteiger partial charge in [-0.1, -0.05) is 19.1 Å². The van der Waals surface area contributed by atoms with Crippen molar-refractivity contribution in [2.24, 2.45) is 0 Å². The Hall–Kier alpha value is -2.89. The summed E-state index contributed by atoms with van der Waals surface area (Å²) in [5.41, 5.74) is 0.770. The van der Waals surface area contributed by atoms with Gasteiger partial charge in [0.15, 0.2) is 0 Å². The highest BCUT2D eigenvalue weighted by Gasteiger charge is 2.17. The maximum atomic E-state index is 13.8. The van der Waals surface area contributed by atoms with E-state index < -0.39 is 11.8 Å². The highest BCUT2D eigenvalue weighted by atomic mass is 19.1. The molecule has 5 nitrogen and oxygen atoms in total. The number of benzene rings is 2. The second kappa shape index (κ2) is 8.28. The highest BCUT2D eigenvalue weighted by molar-refractivity contribution is 5.94. The van der Waals surface area contributed by atoms with Gasteiger partial charge in [-0.3, -0.25) is 4.79 Å². The molecule has 0 aromatic heterocycles. The van der Waals surface area contributed by atoms with Crippen LogP contribution >= 0.6 is 0 Å². The monoisotopic (exact) mass is 345 g/mol. The minimum Gasteiger partial charge on any atom is -0.497 e. The molecule has 2 rings (SSSR count). The van der Waals surface area contributed by atoms with Gasteiger partial charge in [0, 0.05) is 6.42 Å². The minimum atomic E-state index is -1.18. The molecule has 132 valence electrons. The summed E-state index contributed by atoms with van der Waals surface area (Å²) in [5.74, 6) is -1.52. The number of ether oxygens (including phenoxy) is 1. The van der Waals surface area contributed by atoms with Crippen LogP contribution in [0.2, 0.25) is 0 Å². The summed E-state index contributed by atoms with van der Waals surface area (Å²) in [7, 11) is 1.58. The molecule has 25 heavy (non-hydrogen) atoms. The van der Waals surface area contributed by atoms with Gasteiger partial charge in [-0.15, -0.1) is 0 Å². The van der Waals surface area contributed by atoms with E-state index in [-0.39, 0.29) is 29.5 Å². The van der Waals surface area contributed by atoms with Gasteiger partial charge in [0.05, 0.1) is 18.4 Å². The molecule has 0 aliphatic heterocycles. The van der Waals surface area contributed by atoms with Gasteiger partial charge in [0.1, 0.15) is 11.6 Å². The molecule has 2 N–H and O–H groups in total. The molecule has 0 saturated heterocycles. The van der Waals surface area contributed by atoms with Crippen LogP contribution in [-0.4, -0.2) is 24.1 Å². The van der Waals surface area contributed by atoms with Crippen LogP contribution in [0.1, 0.15) is 41.6 Å². The second-order valence-corrected chi connectivity index (χ2v) is 5.63. The number of carbonyl (C=O) groups excluding carboxylic acids is 1. The van der Waals surface area contributed by atoms with Crippen LogP contribution in [0.5, 0.6) is 5.75 Å². The first kappa shape index (κ1) is 18.4. The van der Waals surface area contributed by atoms with Crippen molar-refractivity contribution in [1.29, 1.82) is 0 Å². The third-order valence-electron chi connectivity index (χ3n) is 4.00. The number of carbonyl (C=O) groups is 2. The van der Waals surface area contributed by atoms with Crippen molar-refractivity contribution in [3.63, 3.8) is 0 Å². The number of hydrogen-bond donors (Lipinski definition) is 2. The second-order valence-electron chi connectivity index (χ2n) is 5.63. The number of amides is 1. The molecule has 0 saturated carbocycles. The summed E-state index contributed by atoms with van der Waals surface area (Å²) in [6.45, 7) is 1.97. The quantitative estimate of drug-likeness (QED) is 0.794. The maximum absolute atomic E-state index is 13.8. The largest absolute Gasteiger partial charge is 0.497 e. The first-order valence-electron chi connectivity index (χ1n) is 7.91. The smallest absolute Gasteiger partial charge is 0.335 e. The van der Waals surface area contributed by atoms with Crippen LogP contribution < -0.4 is 10.1 Å². The molecule has 0 aliphatic rings. The number of carboxylic acid groups (broad SMARTS) is 1. The lowest BCUT2D eigenvalue weighted by atomic mass is 9.93. The topological polar surface area (TPSA) is 75.6 Å². The maximum Gasteiger partial charge on any atom is 0.335 e. The predicted molar refractivity (Wildman–Crippen MR) is 92.6 cm³/mol. The van der Waals surface area contributed by atoms with Crippen molar-refractivity contribution in [2.45, 2.75) is 25.7 Å². The van der Waals surface area contributed by atoms with E-state index in [0.29, 0.717) is 0 Å². The van der Waals surface area contributed by atoms with E-state index >= 15 is 0 Å². The number of aromatic carboxylic acids is 1. The molecule has 0 heterocycles. The molecule has 0 bridgehead atoms. The summed E-state index contributed by atoms with van der Waals surface area (Å²) in [6, 6.07) is 10.7. The Kier molecular flexibility index (Phi) is 6.11. The molecule has 1 amide bonds. The zero-order chi connectivity index (χ0) is 18.4. The van der Waals surface area contributed by atoms with Crippen LogP contribution in [0.25, 0.3) is 0 Å². The van der Waals surface area contributed by atoms with Crippen molar-refractivity contribution in [2.75, 3.05) is 12.4 Å². The Morgan fingerprint density at radius 3 is 2.44 bits per heavy atom. The molecular formula is C19H20FNO4. The first-order chi connectivity index (χ1) is 11.9. The lowest BCUT2D eigenvalue weighted by Crippen LogP contribution is -2.16. The minimum absolute atomic E-state index is 0.0309. The summed E-state index contributed by atoms with van der Waals surface area (Å²) in [5, 5.41) is 11.4. The van der Waals surface area contributed by atoms with Crippen molar-refractivity contribution in [3.8, 4) is 5.75 Å². The number of anilines is 1. The van der Waals surface area contributed by atoms with E-state index in [1.165, 1.54) is 0 Å². The zero-order valence-corrected chi connectivity index (χ0v) is 14.1. The molecule has 1 unspecified atom stereocenters. The highest BCUT2D eigenvalue weighted by Crippen LogP contribution is 2.26. The molecule has 0 radical (unpaired) electrons. The van der Waals surface area contributed by atoms with E-state index in [9.17, 15) is 14.0 Å². The van der Waals surface area contributed by atoms with Crippen LogP contribution in [0.3, 0.4) is 0 Å². The average molecular weight is 345 g/mol. The Morgan fingerprint density at radius 2 is 1.88 bits per heavy atom. The third kappa shape index (κ3) is 4.79. The molecule has 2 aromatic rings. The van der Waals surface area contributed by atoms with E-state index in [1.807, 2.05) is 31.2 Å². The number of methoxy groups -OCH3 is 1. The van der Waals surface area contributed by atoms with Gasteiger partial charge in [-0.2, -0.15) is 0 Å². The zero-order valence-electron chi connectivity index (χ0n) is 14.1. The van der Waals surface area contributed by atoms with Gasteiger partial charge in [-0.05, 0) is 48.2 Å². The third-order valence-corrected chi connectivity index (χ3v) is 4.00. The fraction of sp³-hybridized carbons (Fsp3) is 0.263. The SMILES string of the molecule is CCC(CC(=O)Nc1cc(C(=O)O)ccc1F)c1ccc(OC)cc1. The first-order valence-corrected chi connectivity index (χ1v) is 7.91. The lowest BCUT2D eigenvalue weighted by Gasteiger charge is -2.16. The Balaban J connectivity index is 2.09. The van der Waals surface area contributed by atoms with E-state index in [1.54, 1.807) is 7.11 Å². The molecule has 0 spiro atoms. The molecule has 0 aliphatic carbocycles. The molecule has 1 atom stereocenters. The van der Waals surface area contributed by atoms with Crippen LogP contribution in [0.4, 0.5) is 10.1 Å². The van der Waals surface area contributed by atoms with Crippen molar-refractivity contribution >= 4 is 17.6 Å². The van der Waals surface area contributed by atoms with Gasteiger partial charge < -0.3 is 15.2 Å². The summed E-state index contributed by atoms with van der Waals surface area (Å²) >= 11 is 0.